The molecule has 0 spiro atoms. The lowest BCUT2D eigenvalue weighted by molar-refractivity contribution is -0.124. The number of hydrogen-bond acceptors (Lipinski definition) is 6. The van der Waals surface area contributed by atoms with Crippen molar-refractivity contribution in [2.24, 2.45) is 0 Å². The highest BCUT2D eigenvalue weighted by molar-refractivity contribution is 6.99. The first-order chi connectivity index (χ1) is 26.7. The molecule has 5 rings (SSSR count). The van der Waals surface area contributed by atoms with Crippen LogP contribution >= 0.6 is 0 Å². The van der Waals surface area contributed by atoms with Crippen molar-refractivity contribution in [2.75, 3.05) is 13.7 Å². The Morgan fingerprint density at radius 1 is 0.636 bits per heavy atom. The Morgan fingerprint density at radius 2 is 1.11 bits per heavy atom. The van der Waals surface area contributed by atoms with E-state index in [4.69, 9.17) is 23.4 Å². The second kappa shape index (κ2) is 20.8. The molecule has 0 amide bonds. The predicted octanol–water partition coefficient (Wildman–Crippen LogP) is 8.70. The van der Waals surface area contributed by atoms with Gasteiger partial charge in [0.25, 0.3) is 8.32 Å². The van der Waals surface area contributed by atoms with Crippen molar-refractivity contribution in [3.8, 4) is 17.6 Å². The summed E-state index contributed by atoms with van der Waals surface area (Å²) in [7, 11) is -1.10. The molecule has 3 atom stereocenters. The van der Waals surface area contributed by atoms with Gasteiger partial charge in [-0.3, -0.25) is 4.79 Å². The zero-order valence-corrected chi connectivity index (χ0v) is 33.8. The van der Waals surface area contributed by atoms with Gasteiger partial charge in [-0.2, -0.15) is 0 Å². The van der Waals surface area contributed by atoms with Crippen molar-refractivity contribution in [1.29, 1.82) is 0 Å². The first-order valence-corrected chi connectivity index (χ1v) is 21.0. The Morgan fingerprint density at radius 3 is 1.62 bits per heavy atom. The molecule has 0 radical (unpaired) electrons. The maximum atomic E-state index is 13.3. The van der Waals surface area contributed by atoms with Crippen LogP contribution < -0.4 is 15.1 Å². The molecule has 0 aliphatic heterocycles. The molecule has 0 N–H and O–H groups in total. The first kappa shape index (κ1) is 41.4. The topological polar surface area (TPSA) is 63.2 Å². The van der Waals surface area contributed by atoms with Gasteiger partial charge in [-0.25, -0.2) is 0 Å². The molecule has 0 saturated heterocycles. The molecule has 0 aliphatic carbocycles. The van der Waals surface area contributed by atoms with Gasteiger partial charge in [0.1, 0.15) is 18.0 Å². The van der Waals surface area contributed by atoms with Crippen molar-refractivity contribution in [1.82, 2.24) is 0 Å². The molecule has 55 heavy (non-hydrogen) atoms. The Kier molecular flexibility index (Phi) is 15.6. The highest BCUT2D eigenvalue weighted by Crippen LogP contribution is 2.37. The maximum absolute atomic E-state index is 13.3. The minimum absolute atomic E-state index is 0.141. The van der Waals surface area contributed by atoms with Gasteiger partial charge in [0.15, 0.2) is 0 Å². The highest BCUT2D eigenvalue weighted by atomic mass is 28.4. The fraction of sp³-hybridized carbons (Fsp3) is 0.312. The van der Waals surface area contributed by atoms with E-state index in [1.54, 1.807) is 14.0 Å². The number of Topliss-reactive ketones (excluding diaryl/α,β-unsaturated/α-hetero) is 1. The van der Waals surface area contributed by atoms with Crippen LogP contribution in [0.3, 0.4) is 0 Å². The van der Waals surface area contributed by atoms with E-state index in [1.807, 2.05) is 84.9 Å². The summed E-state index contributed by atoms with van der Waals surface area (Å²) in [4.78, 5) is 13.3. The van der Waals surface area contributed by atoms with Gasteiger partial charge in [0.2, 0.25) is 5.78 Å². The second-order valence-electron chi connectivity index (χ2n) is 14.6. The van der Waals surface area contributed by atoms with E-state index in [0.717, 1.165) is 22.4 Å². The molecule has 5 aromatic rings. The molecule has 0 heterocycles. The molecule has 0 aromatic heterocycles. The molecule has 0 aliphatic rings. The number of carbonyl (C=O) groups is 1. The number of carbonyl (C=O) groups excluding carboxylic acids is 1. The lowest BCUT2D eigenvalue weighted by Gasteiger charge is -2.43. The van der Waals surface area contributed by atoms with Crippen molar-refractivity contribution in [3.63, 3.8) is 0 Å². The van der Waals surface area contributed by atoms with Crippen molar-refractivity contribution < 1.29 is 28.2 Å². The minimum atomic E-state index is -2.72. The van der Waals surface area contributed by atoms with Crippen LogP contribution in [0, 0.1) is 11.8 Å². The van der Waals surface area contributed by atoms with Gasteiger partial charge >= 0.3 is 0 Å². The number of benzene rings is 5. The van der Waals surface area contributed by atoms with Crippen LogP contribution in [-0.2, 0) is 43.3 Å². The van der Waals surface area contributed by atoms with E-state index in [9.17, 15) is 4.79 Å². The normalized spacial score (nSPS) is 13.3. The summed E-state index contributed by atoms with van der Waals surface area (Å²) < 4.78 is 31.6. The third-order valence-corrected chi connectivity index (χ3v) is 14.7. The van der Waals surface area contributed by atoms with E-state index >= 15 is 0 Å². The van der Waals surface area contributed by atoms with E-state index in [1.165, 1.54) is 10.4 Å². The smallest absolute Gasteiger partial charge is 0.261 e. The van der Waals surface area contributed by atoms with Crippen LogP contribution in [0.2, 0.25) is 5.04 Å². The number of ether oxygens (including phenoxy) is 4. The van der Waals surface area contributed by atoms with Gasteiger partial charge in [-0.1, -0.05) is 160 Å². The van der Waals surface area contributed by atoms with E-state index < -0.39 is 26.6 Å². The van der Waals surface area contributed by atoms with E-state index in [2.05, 4.69) is 93.3 Å². The summed E-state index contributed by atoms with van der Waals surface area (Å²) in [5, 5.41) is 2.34. The highest BCUT2D eigenvalue weighted by Gasteiger charge is 2.50. The predicted molar refractivity (Wildman–Crippen MR) is 223 cm³/mol. The van der Waals surface area contributed by atoms with Crippen LogP contribution in [0.4, 0.5) is 0 Å². The second-order valence-corrected chi connectivity index (χ2v) is 18.9. The number of rotatable bonds is 19. The summed E-state index contributed by atoms with van der Waals surface area (Å²) in [6.45, 7) is 10.1. The van der Waals surface area contributed by atoms with Gasteiger partial charge < -0.3 is 23.4 Å². The van der Waals surface area contributed by atoms with Gasteiger partial charge in [-0.15, -0.1) is 0 Å². The Hall–Kier alpha value is -4.81. The quantitative estimate of drug-likeness (QED) is 0.0364. The largest absolute Gasteiger partial charge is 0.497 e. The standard InChI is InChI=1S/C48H54O6Si/c1-38(51-35-41-28-30-42(50-5)31-29-41)45(49)32-33-47(53-37-40-21-12-7-13-22-40)46(52-36-39-19-10-6-11-20-39)27-18-34-54-55(48(2,3)4,43-23-14-8-15-24-43)44-25-16-9-17-26-44/h6-17,19-26,28-31,38,46-47H,18,27,34-37H2,1-5H3/t38-,46+,47-/m1/s1. The van der Waals surface area contributed by atoms with Gasteiger partial charge in [0, 0.05) is 6.61 Å². The molecule has 5 aromatic carbocycles. The fourth-order valence-electron chi connectivity index (χ4n) is 6.64. The summed E-state index contributed by atoms with van der Waals surface area (Å²) in [6, 6.07) is 49.0. The maximum Gasteiger partial charge on any atom is 0.261 e. The molecular formula is C48H54O6Si. The SMILES string of the molecule is COc1ccc(CO[C@H](C)C(=O)C#C[C@@H](OCc2ccccc2)[C@H](CCCO[Si](c2ccccc2)(c2ccccc2)C(C)(C)C)OCc2ccccc2)cc1. The fourth-order valence-corrected chi connectivity index (χ4v) is 11.2. The molecular weight excluding hydrogens is 701 g/mol. The molecule has 7 heteroatoms. The average molecular weight is 755 g/mol. The summed E-state index contributed by atoms with van der Waals surface area (Å²) in [5.41, 5.74) is 2.99. The molecule has 6 nitrogen and oxygen atoms in total. The summed E-state index contributed by atoms with van der Waals surface area (Å²) >= 11 is 0. The summed E-state index contributed by atoms with van der Waals surface area (Å²) in [5.74, 6) is 6.49. The van der Waals surface area contributed by atoms with Crippen molar-refractivity contribution >= 4 is 24.5 Å². The van der Waals surface area contributed by atoms with Crippen LogP contribution in [0.1, 0.15) is 57.2 Å². The average Bonchev–Trinajstić information content (AvgIpc) is 3.22. The monoisotopic (exact) mass is 754 g/mol. The van der Waals surface area contributed by atoms with Crippen LogP contribution in [0.15, 0.2) is 146 Å². The molecule has 0 unspecified atom stereocenters. The lowest BCUT2D eigenvalue weighted by atomic mass is 10.1. The van der Waals surface area contributed by atoms with E-state index in [0.29, 0.717) is 32.7 Å². The van der Waals surface area contributed by atoms with Crippen LogP contribution in [0.5, 0.6) is 5.75 Å². The summed E-state index contributed by atoms with van der Waals surface area (Å²) in [6.07, 6.45) is -0.548. The number of hydrogen-bond donors (Lipinski definition) is 0. The Balaban J connectivity index is 1.37. The molecule has 286 valence electrons. The first-order valence-electron chi connectivity index (χ1n) is 19.1. The van der Waals surface area contributed by atoms with E-state index in [-0.39, 0.29) is 17.4 Å². The molecule has 0 saturated carbocycles. The van der Waals surface area contributed by atoms with Crippen molar-refractivity contribution in [3.05, 3.63) is 162 Å². The number of methoxy groups -OCH3 is 1. The van der Waals surface area contributed by atoms with Gasteiger partial charge in [0.05, 0.1) is 33.0 Å². The number of ketones is 1. The Bertz CT molecular complexity index is 1880. The molecule has 0 bridgehead atoms. The van der Waals surface area contributed by atoms with Crippen LogP contribution in [0.25, 0.3) is 0 Å². The third-order valence-electron chi connectivity index (χ3n) is 9.65. The third kappa shape index (κ3) is 11.8. The van der Waals surface area contributed by atoms with Crippen molar-refractivity contribution in [2.45, 2.75) is 83.7 Å². The Labute approximate surface area is 328 Å². The lowest BCUT2D eigenvalue weighted by Crippen LogP contribution is -2.66. The molecule has 0 fully saturated rings. The van der Waals surface area contributed by atoms with Crippen LogP contribution in [-0.4, -0.2) is 46.1 Å². The zero-order valence-electron chi connectivity index (χ0n) is 32.8. The zero-order chi connectivity index (χ0) is 38.9. The minimum Gasteiger partial charge on any atom is -0.497 e. The van der Waals surface area contributed by atoms with Gasteiger partial charge in [-0.05, 0) is 69.9 Å².